The van der Waals surface area contributed by atoms with Crippen molar-refractivity contribution in [3.63, 3.8) is 0 Å². The van der Waals surface area contributed by atoms with Gasteiger partial charge in [-0.05, 0) is 61.1 Å². The molecule has 2 N–H and O–H groups in total. The largest absolute Gasteiger partial charge is 0.330 e. The van der Waals surface area contributed by atoms with Crippen LogP contribution < -0.4 is 5.73 Å². The van der Waals surface area contributed by atoms with Crippen molar-refractivity contribution in [2.24, 2.45) is 17.1 Å². The van der Waals surface area contributed by atoms with E-state index in [1.807, 2.05) is 11.3 Å². The summed E-state index contributed by atoms with van der Waals surface area (Å²) in [6.07, 6.45) is 6.64. The number of nitrogens with zero attached hydrogens (tertiary/aromatic N) is 1. The molecule has 2 aliphatic rings. The third-order valence-corrected chi connectivity index (χ3v) is 6.56. The van der Waals surface area contributed by atoms with Crippen molar-refractivity contribution in [1.29, 1.82) is 0 Å². The van der Waals surface area contributed by atoms with Crippen molar-refractivity contribution in [2.45, 2.75) is 52.0 Å². The Bertz CT molecular complexity index is 456. The van der Waals surface area contributed by atoms with Gasteiger partial charge in [0.05, 0.1) is 0 Å². The minimum absolute atomic E-state index is 0.374. The van der Waals surface area contributed by atoms with Gasteiger partial charge in [0.25, 0.3) is 0 Å². The molecule has 0 saturated heterocycles. The summed E-state index contributed by atoms with van der Waals surface area (Å²) in [5, 5.41) is 2.26. The summed E-state index contributed by atoms with van der Waals surface area (Å²) < 4.78 is 0. The molecule has 2 nitrogen and oxygen atoms in total. The lowest BCUT2D eigenvalue weighted by Gasteiger charge is -2.45. The number of thiophene rings is 1. The highest BCUT2D eigenvalue weighted by atomic mass is 32.1. The molecule has 3 unspecified atom stereocenters. The monoisotopic (exact) mass is 292 g/mol. The number of rotatable bonds is 3. The molecule has 0 bridgehead atoms. The Hall–Kier alpha value is -0.380. The van der Waals surface area contributed by atoms with Crippen molar-refractivity contribution in [3.05, 3.63) is 21.9 Å². The molecule has 20 heavy (non-hydrogen) atoms. The summed E-state index contributed by atoms with van der Waals surface area (Å²) in [4.78, 5) is 4.30. The summed E-state index contributed by atoms with van der Waals surface area (Å²) in [6, 6.07) is 2.90. The van der Waals surface area contributed by atoms with Crippen LogP contribution in [0.5, 0.6) is 0 Å². The van der Waals surface area contributed by atoms with E-state index in [1.165, 1.54) is 45.2 Å². The van der Waals surface area contributed by atoms with Crippen LogP contribution in [0.4, 0.5) is 0 Å². The van der Waals surface area contributed by atoms with Crippen molar-refractivity contribution >= 4 is 11.3 Å². The standard InChI is InChI=1S/C17H28N2S/c1-13-4-3-7-17(10-13,11-18)12-19-8-5-16-15(14(19)2)6-9-20-16/h6,9,13-14H,3-5,7-8,10-12,18H2,1-2H3. The van der Waals surface area contributed by atoms with E-state index in [0.29, 0.717) is 11.5 Å². The fraction of sp³-hybridized carbons (Fsp3) is 0.765. The second-order valence-electron chi connectivity index (χ2n) is 7.10. The van der Waals surface area contributed by atoms with Gasteiger partial charge < -0.3 is 5.73 Å². The smallest absolute Gasteiger partial charge is 0.0331 e. The van der Waals surface area contributed by atoms with Gasteiger partial charge in [0.2, 0.25) is 0 Å². The molecule has 3 heteroatoms. The molecule has 3 rings (SSSR count). The fourth-order valence-corrected chi connectivity index (χ4v) is 5.33. The van der Waals surface area contributed by atoms with E-state index in [2.05, 4.69) is 30.2 Å². The van der Waals surface area contributed by atoms with Crippen molar-refractivity contribution in [1.82, 2.24) is 4.90 Å². The van der Waals surface area contributed by atoms with Crippen molar-refractivity contribution < 1.29 is 0 Å². The summed E-state index contributed by atoms with van der Waals surface area (Å²) >= 11 is 1.93. The molecule has 1 aliphatic heterocycles. The Morgan fingerprint density at radius 3 is 3.05 bits per heavy atom. The average Bonchev–Trinajstić information content (AvgIpc) is 2.91. The second-order valence-corrected chi connectivity index (χ2v) is 8.10. The Morgan fingerprint density at radius 2 is 2.30 bits per heavy atom. The predicted octanol–water partition coefficient (Wildman–Crippen LogP) is 3.82. The van der Waals surface area contributed by atoms with E-state index >= 15 is 0 Å². The fourth-order valence-electron chi connectivity index (χ4n) is 4.37. The van der Waals surface area contributed by atoms with Crippen molar-refractivity contribution in [2.75, 3.05) is 19.6 Å². The van der Waals surface area contributed by atoms with Gasteiger partial charge in [0, 0.05) is 24.0 Å². The number of hydrogen-bond donors (Lipinski definition) is 1. The van der Waals surface area contributed by atoms with Crippen LogP contribution in [0.3, 0.4) is 0 Å². The molecule has 0 radical (unpaired) electrons. The number of hydrogen-bond acceptors (Lipinski definition) is 3. The summed E-state index contributed by atoms with van der Waals surface area (Å²) in [5.74, 6) is 0.851. The van der Waals surface area contributed by atoms with E-state index in [4.69, 9.17) is 5.73 Å². The van der Waals surface area contributed by atoms with Crippen LogP contribution in [0.1, 0.15) is 56.0 Å². The van der Waals surface area contributed by atoms with Crippen LogP contribution in [-0.4, -0.2) is 24.5 Å². The number of nitrogens with two attached hydrogens (primary N) is 1. The van der Waals surface area contributed by atoms with E-state index in [0.717, 1.165) is 12.5 Å². The molecule has 0 aromatic carbocycles. The molecular formula is C17H28N2S. The molecule has 1 aliphatic carbocycles. The SMILES string of the molecule is CC1CCCC(CN)(CN2CCc3sccc3C2C)C1. The zero-order valence-corrected chi connectivity index (χ0v) is 13.7. The predicted molar refractivity (Wildman–Crippen MR) is 87.1 cm³/mol. The lowest BCUT2D eigenvalue weighted by atomic mass is 9.69. The summed E-state index contributed by atoms with van der Waals surface area (Å²) in [6.45, 7) is 8.05. The molecule has 112 valence electrons. The maximum atomic E-state index is 6.21. The second kappa shape index (κ2) is 5.78. The first-order chi connectivity index (χ1) is 9.63. The minimum atomic E-state index is 0.374. The third-order valence-electron chi connectivity index (χ3n) is 5.56. The normalized spacial score (nSPS) is 35.0. The van der Waals surface area contributed by atoms with Gasteiger partial charge in [0.15, 0.2) is 0 Å². The third kappa shape index (κ3) is 2.68. The first-order valence-corrected chi connectivity index (χ1v) is 9.02. The van der Waals surface area contributed by atoms with Crippen molar-refractivity contribution in [3.8, 4) is 0 Å². The van der Waals surface area contributed by atoms with Gasteiger partial charge in [-0.1, -0.05) is 19.8 Å². The average molecular weight is 292 g/mol. The van der Waals surface area contributed by atoms with E-state index in [1.54, 1.807) is 10.4 Å². The zero-order chi connectivity index (χ0) is 14.2. The lowest BCUT2D eigenvalue weighted by Crippen LogP contribution is -2.47. The van der Waals surface area contributed by atoms with Gasteiger partial charge >= 0.3 is 0 Å². The Kier molecular flexibility index (Phi) is 4.21. The lowest BCUT2D eigenvalue weighted by molar-refractivity contribution is 0.0644. The Labute approximate surface area is 127 Å². The van der Waals surface area contributed by atoms with Gasteiger partial charge in [0.1, 0.15) is 0 Å². The maximum absolute atomic E-state index is 6.21. The molecule has 2 heterocycles. The molecular weight excluding hydrogens is 264 g/mol. The first-order valence-electron chi connectivity index (χ1n) is 8.14. The highest BCUT2D eigenvalue weighted by Crippen LogP contribution is 2.42. The van der Waals surface area contributed by atoms with Crippen LogP contribution in [0, 0.1) is 11.3 Å². The van der Waals surface area contributed by atoms with E-state index < -0.39 is 0 Å². The quantitative estimate of drug-likeness (QED) is 0.917. The molecule has 0 amide bonds. The van der Waals surface area contributed by atoms with Crippen LogP contribution >= 0.6 is 11.3 Å². The molecule has 1 aromatic heterocycles. The van der Waals surface area contributed by atoms with Gasteiger partial charge in [-0.2, -0.15) is 0 Å². The highest BCUT2D eigenvalue weighted by Gasteiger charge is 2.37. The molecule has 3 atom stereocenters. The molecule has 0 spiro atoms. The topological polar surface area (TPSA) is 29.3 Å². The summed E-state index contributed by atoms with van der Waals surface area (Å²) in [5.41, 5.74) is 8.15. The zero-order valence-electron chi connectivity index (χ0n) is 12.9. The maximum Gasteiger partial charge on any atom is 0.0331 e. The van der Waals surface area contributed by atoms with E-state index in [-0.39, 0.29) is 0 Å². The van der Waals surface area contributed by atoms with Crippen LogP contribution in [0.25, 0.3) is 0 Å². The van der Waals surface area contributed by atoms with Crippen LogP contribution in [0.15, 0.2) is 11.4 Å². The van der Waals surface area contributed by atoms with Gasteiger partial charge in [-0.25, -0.2) is 0 Å². The summed E-state index contributed by atoms with van der Waals surface area (Å²) in [7, 11) is 0. The Morgan fingerprint density at radius 1 is 1.45 bits per heavy atom. The molecule has 1 saturated carbocycles. The number of fused-ring (bicyclic) bond motifs is 1. The van der Waals surface area contributed by atoms with Crippen LogP contribution in [-0.2, 0) is 6.42 Å². The van der Waals surface area contributed by atoms with Gasteiger partial charge in [-0.15, -0.1) is 11.3 Å². The Balaban J connectivity index is 1.74. The first kappa shape index (κ1) is 14.6. The minimum Gasteiger partial charge on any atom is -0.330 e. The molecule has 1 fully saturated rings. The van der Waals surface area contributed by atoms with E-state index in [9.17, 15) is 0 Å². The molecule has 1 aromatic rings. The van der Waals surface area contributed by atoms with Gasteiger partial charge in [-0.3, -0.25) is 4.90 Å². The van der Waals surface area contributed by atoms with Crippen LogP contribution in [0.2, 0.25) is 0 Å². The highest BCUT2D eigenvalue weighted by molar-refractivity contribution is 7.10.